The van der Waals surface area contributed by atoms with E-state index in [9.17, 15) is 0 Å². The van der Waals surface area contributed by atoms with E-state index in [2.05, 4.69) is 20.6 Å². The van der Waals surface area contributed by atoms with E-state index < -0.39 is 0 Å². The monoisotopic (exact) mass is 165 g/mol. The normalized spacial score (nSPS) is 19.7. The van der Waals surface area contributed by atoms with Gasteiger partial charge in [-0.1, -0.05) is 0 Å². The van der Waals surface area contributed by atoms with Crippen molar-refractivity contribution in [1.82, 2.24) is 0 Å². The third-order valence-electron chi connectivity index (χ3n) is 0.478. The molecular formula is C3H3NSSe. The van der Waals surface area contributed by atoms with Gasteiger partial charge in [-0.05, 0) is 0 Å². The molecule has 32 valence electrons. The molecule has 3 heteroatoms. The van der Waals surface area contributed by atoms with Gasteiger partial charge in [0.15, 0.2) is 0 Å². The molecule has 0 aromatic carbocycles. The number of thioether (sulfide) groups is 1. The summed E-state index contributed by atoms with van der Waals surface area (Å²) in [5.74, 6) is 1.04. The van der Waals surface area contributed by atoms with E-state index in [4.69, 9.17) is 0 Å². The van der Waals surface area contributed by atoms with Crippen LogP contribution in [0.2, 0.25) is 0 Å². The molecule has 1 heterocycles. The number of aliphatic imine (C=N–C) groups is 1. The Kier molecular flexibility index (Phi) is 1.46. The Morgan fingerprint density at radius 1 is 2.00 bits per heavy atom. The second-order valence-electron chi connectivity index (χ2n) is 0.889. The van der Waals surface area contributed by atoms with Crippen molar-refractivity contribution < 1.29 is 0 Å². The van der Waals surface area contributed by atoms with Crippen molar-refractivity contribution in [3.05, 3.63) is 0 Å². The van der Waals surface area contributed by atoms with Crippen LogP contribution in [0.5, 0.6) is 0 Å². The molecule has 6 heavy (non-hydrogen) atoms. The summed E-state index contributed by atoms with van der Waals surface area (Å²) in [6, 6.07) is 0. The van der Waals surface area contributed by atoms with Crippen molar-refractivity contribution in [3.63, 3.8) is 0 Å². The maximum absolute atomic E-state index is 3.94. The van der Waals surface area contributed by atoms with Crippen molar-refractivity contribution in [2.45, 2.75) is 0 Å². The molecule has 1 aliphatic rings. The van der Waals surface area contributed by atoms with Gasteiger partial charge in [-0.25, -0.2) is 0 Å². The molecule has 1 aliphatic heterocycles. The molecule has 0 aromatic rings. The van der Waals surface area contributed by atoms with E-state index in [1.807, 2.05) is 6.21 Å². The summed E-state index contributed by atoms with van der Waals surface area (Å²) in [6.45, 7) is 0. The molecule has 0 radical (unpaired) electrons. The van der Waals surface area contributed by atoms with E-state index in [0.29, 0.717) is 0 Å². The SMILES string of the molecule is [Se]=C1N=CCS1. The zero-order valence-corrected chi connectivity index (χ0v) is 5.58. The summed E-state index contributed by atoms with van der Waals surface area (Å²) in [5.41, 5.74) is 0. The number of hydrogen-bond donors (Lipinski definition) is 0. The molecule has 0 saturated carbocycles. The summed E-state index contributed by atoms with van der Waals surface area (Å²) in [4.78, 5) is 3.94. The van der Waals surface area contributed by atoms with Gasteiger partial charge in [0.05, 0.1) is 0 Å². The summed E-state index contributed by atoms with van der Waals surface area (Å²) >= 11 is 4.56. The van der Waals surface area contributed by atoms with E-state index in [1.165, 1.54) is 0 Å². The molecule has 1 nitrogen and oxygen atoms in total. The molecule has 1 rings (SSSR count). The Hall–Kier alpha value is 0.409. The summed E-state index contributed by atoms with van der Waals surface area (Å²) in [6.07, 6.45) is 1.90. The summed E-state index contributed by atoms with van der Waals surface area (Å²) < 4.78 is 1.06. The molecular weight excluding hydrogens is 161 g/mol. The Morgan fingerprint density at radius 3 is 3.00 bits per heavy atom. The van der Waals surface area contributed by atoms with Gasteiger partial charge in [0.25, 0.3) is 0 Å². The second kappa shape index (κ2) is 1.92. The third-order valence-corrected chi connectivity index (χ3v) is 2.11. The van der Waals surface area contributed by atoms with E-state index in [0.717, 1.165) is 9.63 Å². The van der Waals surface area contributed by atoms with Gasteiger partial charge >= 0.3 is 48.2 Å². The molecule has 0 N–H and O–H groups in total. The first kappa shape index (κ1) is 4.57. The molecule has 0 bridgehead atoms. The van der Waals surface area contributed by atoms with Gasteiger partial charge in [-0.15, -0.1) is 0 Å². The second-order valence-corrected chi connectivity index (χ2v) is 3.29. The summed E-state index contributed by atoms with van der Waals surface area (Å²) in [7, 11) is 0. The van der Waals surface area contributed by atoms with Crippen LogP contribution in [-0.4, -0.2) is 31.4 Å². The van der Waals surface area contributed by atoms with Crippen LogP contribution in [0.25, 0.3) is 0 Å². The van der Waals surface area contributed by atoms with Crippen molar-refractivity contribution in [2.24, 2.45) is 4.99 Å². The van der Waals surface area contributed by atoms with E-state index in [-0.39, 0.29) is 0 Å². The van der Waals surface area contributed by atoms with Crippen LogP contribution >= 0.6 is 11.8 Å². The topological polar surface area (TPSA) is 12.4 Å². The fourth-order valence-corrected chi connectivity index (χ4v) is 1.28. The van der Waals surface area contributed by atoms with Crippen LogP contribution in [-0.2, 0) is 0 Å². The maximum atomic E-state index is 3.94. The van der Waals surface area contributed by atoms with Crippen LogP contribution in [0.4, 0.5) is 0 Å². The molecule has 0 unspecified atom stereocenters. The van der Waals surface area contributed by atoms with Gasteiger partial charge in [-0.2, -0.15) is 0 Å². The molecule has 0 saturated heterocycles. The van der Waals surface area contributed by atoms with Crippen molar-refractivity contribution in [3.8, 4) is 0 Å². The first-order chi connectivity index (χ1) is 2.89. The average Bonchev–Trinajstić information content (AvgIpc) is 1.86. The number of nitrogens with zero attached hydrogens (tertiary/aromatic N) is 1. The predicted octanol–water partition coefficient (Wildman–Crippen LogP) is 0.0599. The first-order valence-corrected chi connectivity index (χ1v) is 3.43. The van der Waals surface area contributed by atoms with Gasteiger partial charge in [0.2, 0.25) is 0 Å². The predicted molar refractivity (Wildman–Crippen MR) is 31.7 cm³/mol. The number of hydrogen-bond acceptors (Lipinski definition) is 2. The van der Waals surface area contributed by atoms with E-state index >= 15 is 0 Å². The quantitative estimate of drug-likeness (QED) is 0.461. The van der Waals surface area contributed by atoms with Crippen LogP contribution in [0.3, 0.4) is 0 Å². The van der Waals surface area contributed by atoms with Crippen molar-refractivity contribution in [1.29, 1.82) is 0 Å². The minimum atomic E-state index is 1.04. The van der Waals surface area contributed by atoms with Gasteiger partial charge in [0, 0.05) is 0 Å². The first-order valence-electron chi connectivity index (χ1n) is 1.59. The minimum absolute atomic E-state index is 1.04. The Morgan fingerprint density at radius 2 is 2.83 bits per heavy atom. The van der Waals surface area contributed by atoms with Crippen LogP contribution in [0.1, 0.15) is 0 Å². The van der Waals surface area contributed by atoms with Crippen molar-refractivity contribution >= 4 is 37.4 Å². The van der Waals surface area contributed by atoms with Gasteiger partial charge in [0.1, 0.15) is 0 Å². The third kappa shape index (κ3) is 0.934. The van der Waals surface area contributed by atoms with Crippen molar-refractivity contribution in [2.75, 3.05) is 5.75 Å². The fourth-order valence-electron chi connectivity index (χ4n) is 0.258. The molecule has 0 fully saturated rings. The van der Waals surface area contributed by atoms with Crippen LogP contribution in [0, 0.1) is 0 Å². The van der Waals surface area contributed by atoms with Gasteiger partial charge in [-0.3, -0.25) is 0 Å². The molecule has 0 aliphatic carbocycles. The molecule has 0 aromatic heterocycles. The zero-order chi connectivity index (χ0) is 4.41. The zero-order valence-electron chi connectivity index (χ0n) is 3.05. The molecule has 0 atom stereocenters. The molecule has 0 spiro atoms. The number of rotatable bonds is 0. The van der Waals surface area contributed by atoms with E-state index in [1.54, 1.807) is 11.8 Å². The standard InChI is InChI=1S/C3H3NSSe/c6-3-4-1-2-5-3/h1H,2H2. The Labute approximate surface area is 48.6 Å². The van der Waals surface area contributed by atoms with Gasteiger partial charge < -0.3 is 0 Å². The average molecular weight is 164 g/mol. The molecule has 0 amide bonds. The fraction of sp³-hybridized carbons (Fsp3) is 0.333. The Balaban J connectivity index is 2.59. The Bertz CT molecular complexity index is 99.0. The van der Waals surface area contributed by atoms with Crippen LogP contribution < -0.4 is 0 Å². The summed E-state index contributed by atoms with van der Waals surface area (Å²) in [5, 5.41) is 0. The van der Waals surface area contributed by atoms with Crippen LogP contribution in [0.15, 0.2) is 4.99 Å².